The minimum absolute atomic E-state index is 0.0350. The van der Waals surface area contributed by atoms with Crippen molar-refractivity contribution in [2.45, 2.75) is 19.6 Å². The molecular weight excluding hydrogens is 336 g/mol. The molecule has 0 atom stereocenters. The Hall–Kier alpha value is -1.99. The van der Waals surface area contributed by atoms with Gasteiger partial charge in [-0.1, -0.05) is 18.2 Å². The van der Waals surface area contributed by atoms with Crippen molar-refractivity contribution in [1.82, 2.24) is 10.3 Å². The Morgan fingerprint density at radius 2 is 2.14 bits per heavy atom. The Labute approximate surface area is 129 Å². The predicted molar refractivity (Wildman–Crippen MR) is 82.9 cm³/mol. The maximum absolute atomic E-state index is 11.0. The number of anilines is 1. The van der Waals surface area contributed by atoms with Crippen LogP contribution in [0.4, 0.5) is 11.4 Å². The van der Waals surface area contributed by atoms with E-state index in [1.807, 2.05) is 6.07 Å². The Bertz CT molecular complexity index is 705. The zero-order valence-electron chi connectivity index (χ0n) is 11.1. The van der Waals surface area contributed by atoms with E-state index in [0.29, 0.717) is 16.7 Å². The lowest BCUT2D eigenvalue weighted by Crippen LogP contribution is -2.04. The smallest absolute Gasteiger partial charge is 0.311 e. The summed E-state index contributed by atoms with van der Waals surface area (Å²) in [7, 11) is 0. The van der Waals surface area contributed by atoms with Gasteiger partial charge < -0.3 is 10.6 Å². The quantitative estimate of drug-likeness (QED) is 0.655. The number of hydrogen-bond donors (Lipinski definition) is 2. The van der Waals surface area contributed by atoms with Crippen LogP contribution in [0.25, 0.3) is 0 Å². The predicted octanol–water partition coefficient (Wildman–Crippen LogP) is 2.97. The first kappa shape index (κ1) is 14.0. The molecule has 2 aromatic rings. The van der Waals surface area contributed by atoms with E-state index >= 15 is 0 Å². The third-order valence-corrected chi connectivity index (χ3v) is 4.05. The number of fused-ring (bicyclic) bond motifs is 1. The van der Waals surface area contributed by atoms with Gasteiger partial charge in [-0.25, -0.2) is 0 Å². The highest BCUT2D eigenvalue weighted by Gasteiger charge is 2.17. The van der Waals surface area contributed by atoms with Crippen LogP contribution in [0.1, 0.15) is 16.7 Å². The number of pyridine rings is 1. The number of nitrogens with one attached hydrogen (secondary N) is 2. The number of nitrogens with zero attached hydrogens (tertiary/aromatic N) is 2. The summed E-state index contributed by atoms with van der Waals surface area (Å²) in [6.45, 7) is 2.31. The topological polar surface area (TPSA) is 80.1 Å². The molecule has 0 unspecified atom stereocenters. The molecule has 3 rings (SSSR count). The van der Waals surface area contributed by atoms with E-state index in [0.717, 1.165) is 18.7 Å². The molecule has 1 aromatic heterocycles. The summed E-state index contributed by atoms with van der Waals surface area (Å²) in [6.07, 6.45) is 2.79. The van der Waals surface area contributed by atoms with Crippen LogP contribution < -0.4 is 10.6 Å². The largest absolute Gasteiger partial charge is 0.374 e. The summed E-state index contributed by atoms with van der Waals surface area (Å²) in [5.74, 6) is 0. The lowest BCUT2D eigenvalue weighted by molar-refractivity contribution is -0.384. The van der Waals surface area contributed by atoms with E-state index in [1.165, 1.54) is 17.3 Å². The molecule has 7 heteroatoms. The molecular formula is C14H13BrN4O2. The third kappa shape index (κ3) is 2.88. The molecule has 2 N–H and O–H groups in total. The van der Waals surface area contributed by atoms with Crippen molar-refractivity contribution in [1.29, 1.82) is 0 Å². The highest BCUT2D eigenvalue weighted by Crippen LogP contribution is 2.31. The zero-order chi connectivity index (χ0) is 14.8. The lowest BCUT2D eigenvalue weighted by atomic mass is 10.1. The van der Waals surface area contributed by atoms with Crippen LogP contribution in [-0.4, -0.2) is 9.91 Å². The average Bonchev–Trinajstić information content (AvgIpc) is 2.93. The van der Waals surface area contributed by atoms with Crippen LogP contribution in [0.5, 0.6) is 0 Å². The highest BCUT2D eigenvalue weighted by atomic mass is 79.9. The second-order valence-corrected chi connectivity index (χ2v) is 5.69. The molecule has 0 bridgehead atoms. The van der Waals surface area contributed by atoms with Gasteiger partial charge in [0.25, 0.3) is 0 Å². The van der Waals surface area contributed by atoms with E-state index in [2.05, 4.69) is 43.7 Å². The molecule has 0 saturated carbocycles. The highest BCUT2D eigenvalue weighted by molar-refractivity contribution is 9.10. The maximum Gasteiger partial charge on any atom is 0.311 e. The van der Waals surface area contributed by atoms with Crippen molar-refractivity contribution in [3.63, 3.8) is 0 Å². The fraction of sp³-hybridized carbons (Fsp3) is 0.214. The molecule has 1 aliphatic rings. The molecule has 0 radical (unpaired) electrons. The van der Waals surface area contributed by atoms with Crippen LogP contribution in [0.2, 0.25) is 0 Å². The van der Waals surface area contributed by atoms with Gasteiger partial charge in [0, 0.05) is 25.8 Å². The summed E-state index contributed by atoms with van der Waals surface area (Å²) in [4.78, 5) is 14.4. The Kier molecular flexibility index (Phi) is 3.85. The maximum atomic E-state index is 11.0. The van der Waals surface area contributed by atoms with Gasteiger partial charge >= 0.3 is 5.69 Å². The first-order valence-corrected chi connectivity index (χ1v) is 7.27. The molecule has 0 spiro atoms. The summed E-state index contributed by atoms with van der Waals surface area (Å²) < 4.78 is 0.583. The van der Waals surface area contributed by atoms with Crippen LogP contribution in [-0.2, 0) is 19.6 Å². The molecule has 1 aliphatic heterocycles. The summed E-state index contributed by atoms with van der Waals surface area (Å²) in [6, 6.07) is 6.27. The van der Waals surface area contributed by atoms with Crippen molar-refractivity contribution < 1.29 is 4.92 Å². The molecule has 0 saturated heterocycles. The van der Waals surface area contributed by atoms with E-state index in [1.54, 1.807) is 6.20 Å². The van der Waals surface area contributed by atoms with Gasteiger partial charge in [-0.2, -0.15) is 0 Å². The van der Waals surface area contributed by atoms with E-state index in [4.69, 9.17) is 0 Å². The molecule has 21 heavy (non-hydrogen) atoms. The van der Waals surface area contributed by atoms with Crippen molar-refractivity contribution >= 4 is 27.3 Å². The normalized spacial score (nSPS) is 13.0. The monoisotopic (exact) mass is 348 g/mol. The molecule has 0 fully saturated rings. The summed E-state index contributed by atoms with van der Waals surface area (Å²) in [5, 5.41) is 17.5. The van der Waals surface area contributed by atoms with Gasteiger partial charge in [-0.3, -0.25) is 15.1 Å². The van der Waals surface area contributed by atoms with Crippen molar-refractivity contribution in [3.05, 3.63) is 61.9 Å². The van der Waals surface area contributed by atoms with Crippen molar-refractivity contribution in [2.75, 3.05) is 5.32 Å². The number of halogens is 1. The standard InChI is InChI=1S/C14H13BrN4O2/c15-12-7-17-8-13(19(20)21)14(12)18-4-9-1-2-10-5-16-6-11(10)3-9/h1-3,7-8,16H,4-6H2,(H,17,18). The number of aromatic nitrogens is 1. The van der Waals surface area contributed by atoms with Crippen LogP contribution in [0.3, 0.4) is 0 Å². The first-order valence-electron chi connectivity index (χ1n) is 6.48. The summed E-state index contributed by atoms with van der Waals surface area (Å²) in [5.41, 5.74) is 4.11. The molecule has 1 aromatic carbocycles. The molecule has 2 heterocycles. The van der Waals surface area contributed by atoms with Crippen LogP contribution >= 0.6 is 15.9 Å². The Balaban J connectivity index is 1.80. The third-order valence-electron chi connectivity index (χ3n) is 3.45. The Morgan fingerprint density at radius 3 is 2.95 bits per heavy atom. The average molecular weight is 349 g/mol. The van der Waals surface area contributed by atoms with Gasteiger partial charge in [-0.05, 0) is 32.6 Å². The van der Waals surface area contributed by atoms with Crippen LogP contribution in [0.15, 0.2) is 35.1 Å². The van der Waals surface area contributed by atoms with Gasteiger partial charge in [-0.15, -0.1) is 0 Å². The van der Waals surface area contributed by atoms with Crippen molar-refractivity contribution in [3.8, 4) is 0 Å². The second kappa shape index (κ2) is 5.79. The van der Waals surface area contributed by atoms with Gasteiger partial charge in [0.1, 0.15) is 11.9 Å². The first-order chi connectivity index (χ1) is 10.1. The number of nitro groups is 1. The lowest BCUT2D eigenvalue weighted by Gasteiger charge is -2.09. The zero-order valence-corrected chi connectivity index (χ0v) is 12.7. The molecule has 0 aliphatic carbocycles. The Morgan fingerprint density at radius 1 is 1.33 bits per heavy atom. The van der Waals surface area contributed by atoms with Gasteiger partial charge in [0.2, 0.25) is 0 Å². The minimum atomic E-state index is -0.438. The second-order valence-electron chi connectivity index (χ2n) is 4.83. The van der Waals surface area contributed by atoms with Gasteiger partial charge in [0.05, 0.1) is 9.40 Å². The molecule has 6 nitrogen and oxygen atoms in total. The van der Waals surface area contributed by atoms with Crippen LogP contribution in [0, 0.1) is 10.1 Å². The summed E-state index contributed by atoms with van der Waals surface area (Å²) >= 11 is 3.30. The fourth-order valence-corrected chi connectivity index (χ4v) is 2.85. The van der Waals surface area contributed by atoms with E-state index in [9.17, 15) is 10.1 Å². The number of benzene rings is 1. The number of hydrogen-bond acceptors (Lipinski definition) is 5. The SMILES string of the molecule is O=[N+]([O-])c1cncc(Br)c1NCc1ccc2c(c1)CNC2. The fourth-order valence-electron chi connectivity index (χ4n) is 2.39. The van der Waals surface area contributed by atoms with E-state index in [-0.39, 0.29) is 5.69 Å². The number of rotatable bonds is 4. The molecule has 0 amide bonds. The van der Waals surface area contributed by atoms with E-state index < -0.39 is 4.92 Å². The molecule has 108 valence electrons. The minimum Gasteiger partial charge on any atom is -0.374 e. The van der Waals surface area contributed by atoms with Gasteiger partial charge in [0.15, 0.2) is 0 Å². The van der Waals surface area contributed by atoms with Crippen molar-refractivity contribution in [2.24, 2.45) is 0 Å².